The average molecular weight is 371 g/mol. The van der Waals surface area contributed by atoms with Gasteiger partial charge in [0.15, 0.2) is 0 Å². The number of nitrogens with one attached hydrogen (secondary N) is 1. The first kappa shape index (κ1) is 24.9. The van der Waals surface area contributed by atoms with Gasteiger partial charge in [0.05, 0.1) is 0 Å². The Balaban J connectivity index is 3.22. The van der Waals surface area contributed by atoms with Crippen molar-refractivity contribution in [3.63, 3.8) is 0 Å². The Morgan fingerprint density at radius 1 is 0.808 bits per heavy atom. The Bertz CT molecular complexity index is 348. The molecule has 0 aromatic carbocycles. The highest BCUT2D eigenvalue weighted by atomic mass is 16.4. The van der Waals surface area contributed by atoms with E-state index in [-0.39, 0.29) is 5.91 Å². The summed E-state index contributed by atoms with van der Waals surface area (Å²) >= 11 is 0. The van der Waals surface area contributed by atoms with E-state index >= 15 is 0 Å². The first-order valence-corrected chi connectivity index (χ1v) is 10.8. The second kappa shape index (κ2) is 18.7. The van der Waals surface area contributed by atoms with Gasteiger partial charge in [-0.05, 0) is 19.3 Å². The van der Waals surface area contributed by atoms with Crippen molar-refractivity contribution in [2.45, 2.75) is 116 Å². The van der Waals surface area contributed by atoms with Gasteiger partial charge in [0.25, 0.3) is 0 Å². The minimum absolute atomic E-state index is 0.0666. The molecule has 0 aliphatic rings. The van der Waals surface area contributed by atoms with E-state index in [1.165, 1.54) is 70.6 Å². The summed E-state index contributed by atoms with van der Waals surface area (Å²) in [5.74, 6) is -0.916. The molecule has 5 heteroatoms. The molecule has 1 amide bonds. The molecule has 0 heterocycles. The van der Waals surface area contributed by atoms with Crippen molar-refractivity contribution in [2.24, 2.45) is 5.73 Å². The normalized spacial score (nSPS) is 12.1. The fraction of sp³-hybridized carbons (Fsp3) is 0.905. The van der Waals surface area contributed by atoms with Gasteiger partial charge in [0.1, 0.15) is 6.04 Å². The summed E-state index contributed by atoms with van der Waals surface area (Å²) < 4.78 is 0. The van der Waals surface area contributed by atoms with Crippen LogP contribution >= 0.6 is 0 Å². The lowest BCUT2D eigenvalue weighted by atomic mass is 10.0. The van der Waals surface area contributed by atoms with Crippen LogP contribution in [0.4, 0.5) is 0 Å². The zero-order valence-corrected chi connectivity index (χ0v) is 16.9. The summed E-state index contributed by atoms with van der Waals surface area (Å²) in [6.07, 6.45) is 18.5. The molecule has 0 spiro atoms. The number of aliphatic carboxylic acids is 1. The number of carboxylic acids is 1. The number of unbranched alkanes of at least 4 members (excludes halogenated alkanes) is 12. The van der Waals surface area contributed by atoms with Crippen LogP contribution in [0.25, 0.3) is 0 Å². The molecule has 0 bridgehead atoms. The molecule has 0 saturated heterocycles. The third-order valence-electron chi connectivity index (χ3n) is 4.84. The Labute approximate surface area is 160 Å². The van der Waals surface area contributed by atoms with Crippen LogP contribution in [-0.4, -0.2) is 29.6 Å². The van der Waals surface area contributed by atoms with E-state index in [9.17, 15) is 9.59 Å². The van der Waals surface area contributed by atoms with Crippen LogP contribution in [0.5, 0.6) is 0 Å². The number of rotatable bonds is 19. The summed E-state index contributed by atoms with van der Waals surface area (Å²) in [6.45, 7) is 2.77. The fourth-order valence-electron chi connectivity index (χ4n) is 3.06. The number of amides is 1. The van der Waals surface area contributed by atoms with Crippen molar-refractivity contribution in [3.8, 4) is 0 Å². The lowest BCUT2D eigenvalue weighted by Crippen LogP contribution is -2.32. The van der Waals surface area contributed by atoms with Gasteiger partial charge >= 0.3 is 5.97 Å². The van der Waals surface area contributed by atoms with Crippen LogP contribution in [-0.2, 0) is 9.59 Å². The van der Waals surface area contributed by atoms with Gasteiger partial charge in [-0.1, -0.05) is 84.0 Å². The number of hydrogen-bond acceptors (Lipinski definition) is 3. The Hall–Kier alpha value is -1.10. The van der Waals surface area contributed by atoms with E-state index in [2.05, 4.69) is 12.2 Å². The largest absolute Gasteiger partial charge is 0.480 e. The minimum Gasteiger partial charge on any atom is -0.480 e. The molecule has 4 N–H and O–H groups in total. The topological polar surface area (TPSA) is 92.4 Å². The van der Waals surface area contributed by atoms with Crippen molar-refractivity contribution >= 4 is 11.9 Å². The van der Waals surface area contributed by atoms with Crippen molar-refractivity contribution in [1.82, 2.24) is 5.32 Å². The van der Waals surface area contributed by atoms with Crippen molar-refractivity contribution in [2.75, 3.05) is 6.54 Å². The van der Waals surface area contributed by atoms with Crippen LogP contribution in [0.2, 0.25) is 0 Å². The molecule has 0 rings (SSSR count). The molecule has 0 aromatic heterocycles. The molecule has 0 fully saturated rings. The number of carbonyl (C=O) groups is 2. The van der Waals surface area contributed by atoms with Crippen LogP contribution in [0, 0.1) is 0 Å². The lowest BCUT2D eigenvalue weighted by molar-refractivity contribution is -0.138. The summed E-state index contributed by atoms with van der Waals surface area (Å²) in [7, 11) is 0. The maximum Gasteiger partial charge on any atom is 0.320 e. The standard InChI is InChI=1S/C21H42N2O3/c1-2-3-4-5-6-7-8-9-10-11-12-13-14-17-20(24)23-18-15-16-19(22)21(25)26/h19H,2-18,22H2,1H3,(H,23,24)(H,25,26). The maximum atomic E-state index is 11.7. The van der Waals surface area contributed by atoms with E-state index in [0.29, 0.717) is 25.8 Å². The molecular weight excluding hydrogens is 328 g/mol. The highest BCUT2D eigenvalue weighted by Gasteiger charge is 2.10. The van der Waals surface area contributed by atoms with E-state index in [4.69, 9.17) is 10.8 Å². The lowest BCUT2D eigenvalue weighted by Gasteiger charge is -2.07. The first-order valence-electron chi connectivity index (χ1n) is 10.8. The average Bonchev–Trinajstić information content (AvgIpc) is 2.62. The molecule has 1 atom stereocenters. The first-order chi connectivity index (χ1) is 12.6. The van der Waals surface area contributed by atoms with Crippen LogP contribution in [0.3, 0.4) is 0 Å². The number of carbonyl (C=O) groups excluding carboxylic acids is 1. The summed E-state index contributed by atoms with van der Waals surface area (Å²) in [5.41, 5.74) is 5.41. The minimum atomic E-state index is -0.983. The van der Waals surface area contributed by atoms with E-state index in [1.54, 1.807) is 0 Å². The second-order valence-corrected chi connectivity index (χ2v) is 7.43. The quantitative estimate of drug-likeness (QED) is 0.285. The van der Waals surface area contributed by atoms with Crippen LogP contribution in [0.15, 0.2) is 0 Å². The van der Waals surface area contributed by atoms with Gasteiger partial charge < -0.3 is 16.2 Å². The van der Waals surface area contributed by atoms with Gasteiger partial charge in [-0.25, -0.2) is 0 Å². The Morgan fingerprint density at radius 3 is 1.73 bits per heavy atom. The van der Waals surface area contributed by atoms with Gasteiger partial charge in [-0.15, -0.1) is 0 Å². The van der Waals surface area contributed by atoms with Gasteiger partial charge in [0.2, 0.25) is 5.91 Å². The van der Waals surface area contributed by atoms with E-state index in [1.807, 2.05) is 0 Å². The van der Waals surface area contributed by atoms with Gasteiger partial charge in [0, 0.05) is 13.0 Å². The summed E-state index contributed by atoms with van der Waals surface area (Å²) in [4.78, 5) is 22.2. The molecule has 0 aliphatic carbocycles. The van der Waals surface area contributed by atoms with E-state index in [0.717, 1.165) is 12.8 Å². The fourth-order valence-corrected chi connectivity index (χ4v) is 3.06. The summed E-state index contributed by atoms with van der Waals surface area (Å²) in [5, 5.41) is 11.5. The molecule has 26 heavy (non-hydrogen) atoms. The summed E-state index contributed by atoms with van der Waals surface area (Å²) in [6, 6.07) is -0.826. The number of carboxylic acid groups (broad SMARTS) is 1. The second-order valence-electron chi connectivity index (χ2n) is 7.43. The Morgan fingerprint density at radius 2 is 1.27 bits per heavy atom. The molecule has 5 nitrogen and oxygen atoms in total. The third kappa shape index (κ3) is 17.7. The van der Waals surface area contributed by atoms with E-state index < -0.39 is 12.0 Å². The number of nitrogens with two attached hydrogens (primary N) is 1. The molecule has 1 unspecified atom stereocenters. The van der Waals surface area contributed by atoms with Crippen molar-refractivity contribution in [3.05, 3.63) is 0 Å². The molecule has 0 aliphatic heterocycles. The highest BCUT2D eigenvalue weighted by molar-refractivity contribution is 5.75. The SMILES string of the molecule is CCCCCCCCCCCCCCCC(=O)NCCCC(N)C(=O)O. The van der Waals surface area contributed by atoms with Crippen LogP contribution in [0.1, 0.15) is 110 Å². The highest BCUT2D eigenvalue weighted by Crippen LogP contribution is 2.12. The Kier molecular flexibility index (Phi) is 17.9. The maximum absolute atomic E-state index is 11.7. The molecule has 0 saturated carbocycles. The smallest absolute Gasteiger partial charge is 0.320 e. The van der Waals surface area contributed by atoms with Gasteiger partial charge in [-0.3, -0.25) is 9.59 Å². The monoisotopic (exact) mass is 370 g/mol. The zero-order valence-electron chi connectivity index (χ0n) is 16.9. The zero-order chi connectivity index (χ0) is 19.5. The predicted molar refractivity (Wildman–Crippen MR) is 108 cm³/mol. The predicted octanol–water partition coefficient (Wildman–Crippen LogP) is 4.78. The molecular formula is C21H42N2O3. The molecule has 154 valence electrons. The van der Waals surface area contributed by atoms with Gasteiger partial charge in [-0.2, -0.15) is 0 Å². The van der Waals surface area contributed by atoms with Crippen molar-refractivity contribution < 1.29 is 14.7 Å². The van der Waals surface area contributed by atoms with Crippen LogP contribution < -0.4 is 11.1 Å². The van der Waals surface area contributed by atoms with Crippen molar-refractivity contribution in [1.29, 1.82) is 0 Å². The third-order valence-corrected chi connectivity index (χ3v) is 4.84. The molecule has 0 aromatic rings. The number of hydrogen-bond donors (Lipinski definition) is 3. The molecule has 0 radical (unpaired) electrons.